The third kappa shape index (κ3) is 3.08. The first-order valence-corrected chi connectivity index (χ1v) is 6.18. The van der Waals surface area contributed by atoms with Crippen molar-refractivity contribution in [2.45, 2.75) is 6.92 Å². The van der Waals surface area contributed by atoms with E-state index in [9.17, 15) is 8.42 Å². The Labute approximate surface area is 110 Å². The zero-order chi connectivity index (χ0) is 11.1. The van der Waals surface area contributed by atoms with Crippen LogP contribution in [-0.2, 0) is 10.0 Å². The summed E-state index contributed by atoms with van der Waals surface area (Å²) in [4.78, 5) is 4.10. The van der Waals surface area contributed by atoms with E-state index in [0.717, 1.165) is 6.26 Å². The molecule has 16 heavy (non-hydrogen) atoms. The molecular formula is C9H11IN2O3S. The number of oxazole rings is 1. The first-order chi connectivity index (χ1) is 6.94. The van der Waals surface area contributed by atoms with Crippen LogP contribution in [0.4, 0.5) is 5.69 Å². The van der Waals surface area contributed by atoms with Crippen LogP contribution in [0, 0.1) is 6.92 Å². The van der Waals surface area contributed by atoms with Crippen molar-refractivity contribution in [3.8, 4) is 0 Å². The number of nitrogens with zero attached hydrogens (tertiary/aromatic N) is 1. The smallest absolute Gasteiger partial charge is 0.229 e. The second kappa shape index (κ2) is 4.58. The van der Waals surface area contributed by atoms with Crippen LogP contribution in [0.5, 0.6) is 0 Å². The summed E-state index contributed by atoms with van der Waals surface area (Å²) in [5.41, 5.74) is 1.77. The van der Waals surface area contributed by atoms with Crippen molar-refractivity contribution in [2.24, 2.45) is 0 Å². The van der Waals surface area contributed by atoms with Crippen molar-refractivity contribution >= 4 is 50.8 Å². The van der Waals surface area contributed by atoms with Crippen LogP contribution in [0.2, 0.25) is 0 Å². The molecule has 2 aromatic rings. The molecule has 1 heterocycles. The number of aromatic nitrogens is 1. The van der Waals surface area contributed by atoms with Gasteiger partial charge in [0.25, 0.3) is 0 Å². The molecule has 1 aromatic heterocycles. The number of fused-ring (bicyclic) bond motifs is 1. The van der Waals surface area contributed by atoms with E-state index in [1.165, 1.54) is 0 Å². The number of hydrogen-bond donors (Lipinski definition) is 1. The quantitative estimate of drug-likeness (QED) is 0.839. The predicted octanol–water partition coefficient (Wildman–Crippen LogP) is 2.13. The van der Waals surface area contributed by atoms with Gasteiger partial charge in [0, 0.05) is 6.92 Å². The average Bonchev–Trinajstić information content (AvgIpc) is 2.40. The first-order valence-electron chi connectivity index (χ1n) is 4.29. The predicted molar refractivity (Wildman–Crippen MR) is 72.6 cm³/mol. The monoisotopic (exact) mass is 354 g/mol. The number of rotatable bonds is 2. The fraction of sp³-hybridized carbons (Fsp3) is 0.222. The molecule has 88 valence electrons. The molecule has 0 spiro atoms. The van der Waals surface area contributed by atoms with Crippen molar-refractivity contribution in [1.82, 2.24) is 4.98 Å². The van der Waals surface area contributed by atoms with E-state index >= 15 is 0 Å². The van der Waals surface area contributed by atoms with Crippen LogP contribution in [0.15, 0.2) is 22.6 Å². The van der Waals surface area contributed by atoms with E-state index in [1.54, 1.807) is 25.1 Å². The van der Waals surface area contributed by atoms with Crippen LogP contribution >= 0.6 is 24.0 Å². The Morgan fingerprint density at radius 2 is 2.06 bits per heavy atom. The van der Waals surface area contributed by atoms with E-state index in [1.807, 2.05) is 0 Å². The topological polar surface area (TPSA) is 72.2 Å². The van der Waals surface area contributed by atoms with Gasteiger partial charge in [-0.1, -0.05) is 0 Å². The molecule has 0 aliphatic rings. The molecule has 0 unspecified atom stereocenters. The van der Waals surface area contributed by atoms with Gasteiger partial charge < -0.3 is 4.42 Å². The fourth-order valence-corrected chi connectivity index (χ4v) is 1.88. The van der Waals surface area contributed by atoms with Gasteiger partial charge in [0.1, 0.15) is 5.52 Å². The van der Waals surface area contributed by atoms with Gasteiger partial charge in [-0.15, -0.1) is 24.0 Å². The molecule has 5 nitrogen and oxygen atoms in total. The van der Waals surface area contributed by atoms with Crippen molar-refractivity contribution in [3.63, 3.8) is 0 Å². The maximum atomic E-state index is 11.0. The highest BCUT2D eigenvalue weighted by Gasteiger charge is 2.05. The fourth-order valence-electron chi connectivity index (χ4n) is 1.32. The van der Waals surface area contributed by atoms with Gasteiger partial charge in [-0.3, -0.25) is 4.72 Å². The zero-order valence-electron chi connectivity index (χ0n) is 8.72. The lowest BCUT2D eigenvalue weighted by molar-refractivity contribution is 0.561. The average molecular weight is 354 g/mol. The molecule has 1 aromatic carbocycles. The van der Waals surface area contributed by atoms with Crippen molar-refractivity contribution < 1.29 is 12.8 Å². The first kappa shape index (κ1) is 13.2. The van der Waals surface area contributed by atoms with Crippen LogP contribution in [0.25, 0.3) is 11.1 Å². The number of hydrogen-bond acceptors (Lipinski definition) is 4. The van der Waals surface area contributed by atoms with Gasteiger partial charge in [-0.2, -0.15) is 0 Å². The number of aryl methyl sites for hydroxylation is 1. The highest BCUT2D eigenvalue weighted by Crippen LogP contribution is 2.19. The zero-order valence-corrected chi connectivity index (χ0v) is 11.9. The molecule has 0 fully saturated rings. The van der Waals surface area contributed by atoms with E-state index < -0.39 is 10.0 Å². The minimum atomic E-state index is -3.25. The second-order valence-electron chi connectivity index (χ2n) is 3.29. The molecule has 7 heteroatoms. The third-order valence-corrected chi connectivity index (χ3v) is 2.40. The van der Waals surface area contributed by atoms with E-state index in [4.69, 9.17) is 4.42 Å². The van der Waals surface area contributed by atoms with Crippen molar-refractivity contribution in [1.29, 1.82) is 0 Å². The van der Waals surface area contributed by atoms with Crippen LogP contribution in [-0.4, -0.2) is 19.7 Å². The Morgan fingerprint density at radius 3 is 2.69 bits per heavy atom. The number of nitrogens with one attached hydrogen (secondary N) is 1. The molecule has 0 aliphatic carbocycles. The van der Waals surface area contributed by atoms with Gasteiger partial charge in [0.05, 0.1) is 11.9 Å². The van der Waals surface area contributed by atoms with Gasteiger partial charge in [-0.05, 0) is 18.2 Å². The van der Waals surface area contributed by atoms with Gasteiger partial charge >= 0.3 is 0 Å². The minimum absolute atomic E-state index is 0. The van der Waals surface area contributed by atoms with Crippen molar-refractivity contribution in [2.75, 3.05) is 11.0 Å². The maximum absolute atomic E-state index is 11.0. The summed E-state index contributed by atoms with van der Waals surface area (Å²) < 4.78 is 29.6. The largest absolute Gasteiger partial charge is 0.441 e. The lowest BCUT2D eigenvalue weighted by Gasteiger charge is -2.01. The molecule has 0 saturated heterocycles. The highest BCUT2D eigenvalue weighted by molar-refractivity contribution is 14.0. The molecule has 0 atom stereocenters. The number of anilines is 1. The molecular weight excluding hydrogens is 343 g/mol. The summed E-state index contributed by atoms with van der Waals surface area (Å²) in [7, 11) is -3.25. The van der Waals surface area contributed by atoms with Crippen LogP contribution in [0.1, 0.15) is 5.89 Å². The Bertz CT molecular complexity index is 606. The highest BCUT2D eigenvalue weighted by atomic mass is 127. The molecule has 0 saturated carbocycles. The van der Waals surface area contributed by atoms with Gasteiger partial charge in [-0.25, -0.2) is 13.4 Å². The molecule has 0 bridgehead atoms. The Kier molecular flexibility index (Phi) is 3.79. The van der Waals surface area contributed by atoms with Crippen LogP contribution in [0.3, 0.4) is 0 Å². The Hall–Kier alpha value is -0.830. The molecule has 1 N–H and O–H groups in total. The summed E-state index contributed by atoms with van der Waals surface area (Å²) in [5, 5.41) is 0. The molecule has 2 rings (SSSR count). The van der Waals surface area contributed by atoms with Gasteiger partial charge in [0.2, 0.25) is 10.0 Å². The normalized spacial score (nSPS) is 11.1. The standard InChI is InChI=1S/C9H10N2O3S.HI/c1-6-10-8-5-7(11-15(2,12)13)3-4-9(8)14-6;/h3-5,11H,1-2H3;1H. The number of sulfonamides is 1. The van der Waals surface area contributed by atoms with E-state index in [-0.39, 0.29) is 24.0 Å². The molecule has 0 amide bonds. The SMILES string of the molecule is Cc1nc2cc(NS(C)(=O)=O)ccc2o1.I. The lowest BCUT2D eigenvalue weighted by Crippen LogP contribution is -2.09. The number of benzene rings is 1. The van der Waals surface area contributed by atoms with Crippen molar-refractivity contribution in [3.05, 3.63) is 24.1 Å². The summed E-state index contributed by atoms with van der Waals surface area (Å²) in [5.74, 6) is 0.557. The lowest BCUT2D eigenvalue weighted by atomic mass is 10.3. The maximum Gasteiger partial charge on any atom is 0.229 e. The number of halogens is 1. The van der Waals surface area contributed by atoms with E-state index in [2.05, 4.69) is 9.71 Å². The van der Waals surface area contributed by atoms with Crippen LogP contribution < -0.4 is 4.72 Å². The van der Waals surface area contributed by atoms with Gasteiger partial charge in [0.15, 0.2) is 11.5 Å². The summed E-state index contributed by atoms with van der Waals surface area (Å²) in [6.07, 6.45) is 1.10. The second-order valence-corrected chi connectivity index (χ2v) is 5.04. The Morgan fingerprint density at radius 1 is 1.38 bits per heavy atom. The molecule has 0 aliphatic heterocycles. The minimum Gasteiger partial charge on any atom is -0.441 e. The summed E-state index contributed by atoms with van der Waals surface area (Å²) in [6, 6.07) is 4.95. The van der Waals surface area contributed by atoms with E-state index in [0.29, 0.717) is 22.7 Å². The third-order valence-electron chi connectivity index (χ3n) is 1.80. The summed E-state index contributed by atoms with van der Waals surface area (Å²) in [6.45, 7) is 1.74. The Balaban J connectivity index is 0.00000128. The molecule has 0 radical (unpaired) electrons. The summed E-state index contributed by atoms with van der Waals surface area (Å²) >= 11 is 0.